The van der Waals surface area contributed by atoms with Crippen LogP contribution in [0.2, 0.25) is 0 Å². The van der Waals surface area contributed by atoms with Gasteiger partial charge in [0.1, 0.15) is 17.9 Å². The van der Waals surface area contributed by atoms with E-state index in [4.69, 9.17) is 4.98 Å². The maximum atomic E-state index is 14.4. The monoisotopic (exact) mass is 711 g/mol. The van der Waals surface area contributed by atoms with Crippen LogP contribution in [0.5, 0.6) is 5.88 Å². The van der Waals surface area contributed by atoms with Crippen molar-refractivity contribution in [1.82, 2.24) is 34.3 Å². The Hall–Kier alpha value is -4.80. The summed E-state index contributed by atoms with van der Waals surface area (Å²) in [7, 11) is 0. The number of nitrogens with one attached hydrogen (secondary N) is 2. The molecule has 3 aliphatic rings. The molecule has 3 fully saturated rings. The second-order valence-corrected chi connectivity index (χ2v) is 13.7. The van der Waals surface area contributed by atoms with E-state index in [1.165, 1.54) is 17.5 Å². The van der Waals surface area contributed by atoms with E-state index < -0.39 is 17.6 Å². The molecular weight excluding hydrogens is 667 g/mol. The van der Waals surface area contributed by atoms with E-state index in [1.807, 2.05) is 23.6 Å². The zero-order valence-electron chi connectivity index (χ0n) is 29.1. The largest absolute Gasteiger partial charge is 0.492 e. The van der Waals surface area contributed by atoms with Crippen LogP contribution < -0.4 is 30.9 Å². The van der Waals surface area contributed by atoms with E-state index in [9.17, 15) is 27.9 Å². The third kappa shape index (κ3) is 6.58. The summed E-state index contributed by atoms with van der Waals surface area (Å²) in [4.78, 5) is 38.9. The van der Waals surface area contributed by atoms with Crippen LogP contribution in [0.3, 0.4) is 0 Å². The predicted octanol–water partition coefficient (Wildman–Crippen LogP) is 3.56. The van der Waals surface area contributed by atoms with Crippen LogP contribution in [0.25, 0.3) is 5.78 Å². The van der Waals surface area contributed by atoms with Crippen LogP contribution in [0, 0.1) is 6.92 Å². The standard InChI is InChI=1S/C34H44F3N11O3/c1-4-26-29(44-15-16-45(22(3)19-44)27-18-39-47(30(27)50)24-7-5-6-8-24)31(51)48-33(41-32(42-48)43-13-11-38-12-14-43)46(26)20-28(49)40-25-10-9-23(17-21(25)2)34(35,36)37/h9-10,17-18,22,24,38,50H,4-8,11-16,19-20H2,1-3H3,(H,40,49)/t22-/m1/s1. The molecule has 274 valence electrons. The maximum Gasteiger partial charge on any atom is 0.416 e. The molecule has 3 N–H and O–H groups in total. The highest BCUT2D eigenvalue weighted by Crippen LogP contribution is 2.38. The van der Waals surface area contributed by atoms with Crippen LogP contribution in [-0.4, -0.2) is 91.8 Å². The SMILES string of the molecule is CCc1c(N2CCN(c3cnn(C4CCCC4)c3O)[C@H](C)C2)c(=O)n2nc(N3CCNCC3)nc2n1CC(=O)Nc1ccc(C(F)(F)F)cc1C. The van der Waals surface area contributed by atoms with Crippen LogP contribution in [0.4, 0.5) is 36.2 Å². The van der Waals surface area contributed by atoms with Gasteiger partial charge in [-0.25, -0.2) is 4.68 Å². The number of halogens is 3. The summed E-state index contributed by atoms with van der Waals surface area (Å²) >= 11 is 0. The van der Waals surface area contributed by atoms with E-state index in [0.717, 1.165) is 50.9 Å². The first kappa shape index (κ1) is 34.6. The molecule has 14 nitrogen and oxygen atoms in total. The zero-order chi connectivity index (χ0) is 36.0. The molecule has 0 unspecified atom stereocenters. The number of hydrogen-bond donors (Lipinski definition) is 3. The van der Waals surface area contributed by atoms with Crippen molar-refractivity contribution in [2.45, 2.75) is 77.7 Å². The molecule has 0 radical (unpaired) electrons. The van der Waals surface area contributed by atoms with Crippen molar-refractivity contribution in [2.24, 2.45) is 0 Å². The number of fused-ring (bicyclic) bond motifs is 1. The summed E-state index contributed by atoms with van der Waals surface area (Å²) in [6.45, 7) is 9.41. The molecule has 1 atom stereocenters. The minimum Gasteiger partial charge on any atom is -0.492 e. The summed E-state index contributed by atoms with van der Waals surface area (Å²) in [6.07, 6.45) is 1.84. The van der Waals surface area contributed by atoms with Gasteiger partial charge in [-0.1, -0.05) is 19.8 Å². The lowest BCUT2D eigenvalue weighted by atomic mass is 10.1. The number of aromatic nitrogens is 6. The summed E-state index contributed by atoms with van der Waals surface area (Å²) < 4.78 is 44.6. The number of carbonyl (C=O) groups is 1. The van der Waals surface area contributed by atoms with Crippen LogP contribution in [0.15, 0.2) is 29.2 Å². The zero-order valence-corrected chi connectivity index (χ0v) is 29.1. The first-order valence-electron chi connectivity index (χ1n) is 17.7. The second-order valence-electron chi connectivity index (χ2n) is 13.7. The number of carbonyl (C=O) groups excluding carboxylic acids is 1. The van der Waals surface area contributed by atoms with Gasteiger partial charge in [-0.2, -0.15) is 27.8 Å². The minimum absolute atomic E-state index is 0.0998. The average molecular weight is 712 g/mol. The topological polar surface area (TPSA) is 141 Å². The highest BCUT2D eigenvalue weighted by molar-refractivity contribution is 5.91. The third-order valence-electron chi connectivity index (χ3n) is 10.4. The van der Waals surface area contributed by atoms with Crippen molar-refractivity contribution in [3.63, 3.8) is 0 Å². The van der Waals surface area contributed by atoms with Gasteiger partial charge in [-0.05, 0) is 56.9 Å². The lowest BCUT2D eigenvalue weighted by Crippen LogP contribution is -2.54. The number of alkyl halides is 3. The lowest BCUT2D eigenvalue weighted by Gasteiger charge is -2.42. The number of anilines is 4. The molecule has 1 aromatic carbocycles. The minimum atomic E-state index is -4.50. The number of hydrogen-bond acceptors (Lipinski definition) is 10. The number of rotatable bonds is 8. The van der Waals surface area contributed by atoms with Crippen molar-refractivity contribution < 1.29 is 23.1 Å². The smallest absolute Gasteiger partial charge is 0.416 e. The molecule has 2 saturated heterocycles. The van der Waals surface area contributed by atoms with Crippen LogP contribution in [0.1, 0.15) is 62.4 Å². The fourth-order valence-electron chi connectivity index (χ4n) is 7.72. The van der Waals surface area contributed by atoms with E-state index in [2.05, 4.69) is 25.7 Å². The number of benzene rings is 1. The Morgan fingerprint density at radius 3 is 2.51 bits per heavy atom. The lowest BCUT2D eigenvalue weighted by molar-refractivity contribution is -0.137. The van der Waals surface area contributed by atoms with Gasteiger partial charge in [0.2, 0.25) is 23.5 Å². The van der Waals surface area contributed by atoms with E-state index in [1.54, 1.807) is 15.4 Å². The molecule has 0 spiro atoms. The van der Waals surface area contributed by atoms with Crippen molar-refractivity contribution in [3.05, 3.63) is 51.6 Å². The quantitative estimate of drug-likeness (QED) is 0.249. The highest BCUT2D eigenvalue weighted by atomic mass is 19.4. The Labute approximate surface area is 292 Å². The summed E-state index contributed by atoms with van der Waals surface area (Å²) in [5, 5.41) is 26.4. The van der Waals surface area contributed by atoms with Gasteiger partial charge in [-0.15, -0.1) is 5.10 Å². The van der Waals surface area contributed by atoms with Gasteiger partial charge >= 0.3 is 6.18 Å². The number of nitrogens with zero attached hydrogens (tertiary/aromatic N) is 9. The first-order chi connectivity index (χ1) is 24.4. The van der Waals surface area contributed by atoms with E-state index >= 15 is 0 Å². The molecule has 0 bridgehead atoms. The normalized spacial score (nSPS) is 19.0. The van der Waals surface area contributed by atoms with Gasteiger partial charge in [0.15, 0.2) is 0 Å². The van der Waals surface area contributed by atoms with Crippen LogP contribution >= 0.6 is 0 Å². The number of amides is 1. The number of aryl methyl sites for hydroxylation is 1. The first-order valence-corrected chi connectivity index (χ1v) is 17.7. The highest BCUT2D eigenvalue weighted by Gasteiger charge is 2.34. The van der Waals surface area contributed by atoms with Gasteiger partial charge in [0.25, 0.3) is 5.56 Å². The Kier molecular flexibility index (Phi) is 9.32. The summed E-state index contributed by atoms with van der Waals surface area (Å²) in [5.74, 6) is 0.277. The second kappa shape index (κ2) is 13.7. The Morgan fingerprint density at radius 1 is 1.10 bits per heavy atom. The maximum absolute atomic E-state index is 14.4. The fourth-order valence-corrected chi connectivity index (χ4v) is 7.72. The van der Waals surface area contributed by atoms with Crippen molar-refractivity contribution in [2.75, 3.05) is 65.8 Å². The molecular formula is C34H44F3N11O3. The van der Waals surface area contributed by atoms with Gasteiger partial charge in [0, 0.05) is 57.5 Å². The molecule has 7 rings (SSSR count). The molecule has 17 heteroatoms. The van der Waals surface area contributed by atoms with E-state index in [0.29, 0.717) is 62.2 Å². The number of aromatic hydroxyl groups is 1. The predicted molar refractivity (Wildman–Crippen MR) is 187 cm³/mol. The molecule has 51 heavy (non-hydrogen) atoms. The molecule has 5 heterocycles. The Bertz CT molecular complexity index is 1980. The third-order valence-corrected chi connectivity index (χ3v) is 10.4. The summed E-state index contributed by atoms with van der Waals surface area (Å²) in [6, 6.07) is 3.29. The fraction of sp³-hybridized carbons (Fsp3) is 0.559. The van der Waals surface area contributed by atoms with Crippen molar-refractivity contribution in [3.8, 4) is 5.88 Å². The molecule has 1 saturated carbocycles. The van der Waals surface area contributed by atoms with Crippen LogP contribution in [-0.2, 0) is 23.9 Å². The molecule has 3 aromatic heterocycles. The van der Waals surface area contributed by atoms with E-state index in [-0.39, 0.29) is 47.1 Å². The van der Waals surface area contributed by atoms with Gasteiger partial charge in [-0.3, -0.25) is 9.59 Å². The van der Waals surface area contributed by atoms with Crippen molar-refractivity contribution >= 4 is 34.7 Å². The van der Waals surface area contributed by atoms with Gasteiger partial charge in [0.05, 0.1) is 23.5 Å². The Balaban J connectivity index is 1.22. The molecule has 2 aliphatic heterocycles. The van der Waals surface area contributed by atoms with Crippen molar-refractivity contribution in [1.29, 1.82) is 0 Å². The summed E-state index contributed by atoms with van der Waals surface area (Å²) in [5.41, 5.74) is 1.08. The number of piperazine rings is 2. The molecule has 1 amide bonds. The van der Waals surface area contributed by atoms with Gasteiger partial charge < -0.3 is 35.0 Å². The Morgan fingerprint density at radius 2 is 1.84 bits per heavy atom. The molecule has 1 aliphatic carbocycles. The molecule has 4 aromatic rings. The average Bonchev–Trinajstić information content (AvgIpc) is 3.87.